The molecule has 4 nitrogen and oxygen atoms in total. The summed E-state index contributed by atoms with van der Waals surface area (Å²) in [4.78, 5) is 14.6. The Kier molecular flexibility index (Phi) is 6.80. The van der Waals surface area contributed by atoms with E-state index in [0.717, 1.165) is 30.8 Å². The number of quaternary nitrogens is 1. The maximum absolute atomic E-state index is 13.2. The van der Waals surface area contributed by atoms with Crippen molar-refractivity contribution in [1.29, 1.82) is 0 Å². The van der Waals surface area contributed by atoms with Gasteiger partial charge in [0.2, 0.25) is 5.60 Å². The van der Waals surface area contributed by atoms with Crippen LogP contribution in [0, 0.1) is 0 Å². The molecule has 4 heteroatoms. The number of benzene rings is 3. The second-order valence-corrected chi connectivity index (χ2v) is 8.22. The topological polar surface area (TPSA) is 51.0 Å². The molecule has 0 radical (unpaired) electrons. The van der Waals surface area contributed by atoms with Crippen molar-refractivity contribution in [1.82, 2.24) is 0 Å². The van der Waals surface area contributed by atoms with E-state index in [0.29, 0.717) is 17.7 Å². The number of aliphatic hydroxyl groups is 1. The molecule has 3 aromatic rings. The van der Waals surface area contributed by atoms with Crippen LogP contribution >= 0.6 is 0 Å². The predicted molar refractivity (Wildman–Crippen MR) is 122 cm³/mol. The minimum atomic E-state index is -1.84. The second-order valence-electron chi connectivity index (χ2n) is 8.22. The lowest BCUT2D eigenvalue weighted by atomic mass is 9.85. The van der Waals surface area contributed by atoms with Crippen LogP contribution in [0.2, 0.25) is 0 Å². The Bertz CT molecular complexity index is 966. The van der Waals surface area contributed by atoms with E-state index in [4.69, 9.17) is 4.74 Å². The van der Waals surface area contributed by atoms with E-state index in [9.17, 15) is 9.90 Å². The lowest BCUT2D eigenvalue weighted by molar-refractivity contribution is -0.905. The van der Waals surface area contributed by atoms with Gasteiger partial charge >= 0.3 is 5.97 Å². The summed E-state index contributed by atoms with van der Waals surface area (Å²) in [6.07, 6.45) is 3.74. The fourth-order valence-corrected chi connectivity index (χ4v) is 4.31. The van der Waals surface area contributed by atoms with Crippen LogP contribution < -0.4 is 4.90 Å². The summed E-state index contributed by atoms with van der Waals surface area (Å²) in [5.41, 5.74) is 1.30. The summed E-state index contributed by atoms with van der Waals surface area (Å²) in [6.45, 7) is 3.35. The molecular formula is C27H30NO3+. The van der Waals surface area contributed by atoms with Crippen molar-refractivity contribution in [2.45, 2.75) is 24.9 Å². The van der Waals surface area contributed by atoms with Gasteiger partial charge in [-0.3, -0.25) is 0 Å². The van der Waals surface area contributed by atoms with Gasteiger partial charge in [-0.15, -0.1) is 0 Å². The number of esters is 1. The van der Waals surface area contributed by atoms with Gasteiger partial charge in [0.1, 0.15) is 13.2 Å². The summed E-state index contributed by atoms with van der Waals surface area (Å²) < 4.78 is 5.62. The Labute approximate surface area is 184 Å². The van der Waals surface area contributed by atoms with Crippen molar-refractivity contribution in [3.63, 3.8) is 0 Å². The van der Waals surface area contributed by atoms with Gasteiger partial charge in [0, 0.05) is 0 Å². The summed E-state index contributed by atoms with van der Waals surface area (Å²) >= 11 is 0. The van der Waals surface area contributed by atoms with Crippen LogP contribution in [0.25, 0.3) is 11.1 Å². The maximum Gasteiger partial charge on any atom is 0.347 e. The average molecular weight is 417 g/mol. The van der Waals surface area contributed by atoms with E-state index < -0.39 is 11.6 Å². The van der Waals surface area contributed by atoms with Gasteiger partial charge in [0.25, 0.3) is 0 Å². The molecule has 4 rings (SSSR count). The molecule has 3 aromatic carbocycles. The third kappa shape index (κ3) is 4.87. The normalized spacial score (nSPS) is 16.4. The van der Waals surface area contributed by atoms with Gasteiger partial charge in [-0.1, -0.05) is 84.9 Å². The predicted octanol–water partition coefficient (Wildman–Crippen LogP) is 3.20. The quantitative estimate of drug-likeness (QED) is 0.582. The molecule has 2 N–H and O–H groups in total. The number of carbonyl (C=O) groups excluding carboxylic acids is 1. The van der Waals surface area contributed by atoms with Crippen LogP contribution in [-0.4, -0.2) is 37.3 Å². The molecule has 0 amide bonds. The van der Waals surface area contributed by atoms with Gasteiger partial charge in [-0.2, -0.15) is 0 Å². The Hall–Kier alpha value is -2.95. The smallest absolute Gasteiger partial charge is 0.347 e. The molecule has 0 saturated carbocycles. The third-order valence-electron chi connectivity index (χ3n) is 6.15. The van der Waals surface area contributed by atoms with Crippen molar-refractivity contribution >= 4 is 5.97 Å². The molecule has 0 aromatic heterocycles. The van der Waals surface area contributed by atoms with E-state index >= 15 is 0 Å². The molecular weight excluding hydrogens is 386 g/mol. The Morgan fingerprint density at radius 1 is 0.774 bits per heavy atom. The van der Waals surface area contributed by atoms with E-state index in [1.54, 1.807) is 12.1 Å². The Morgan fingerprint density at radius 2 is 1.32 bits per heavy atom. The number of hydrogen-bond donors (Lipinski definition) is 2. The first-order valence-electron chi connectivity index (χ1n) is 11.1. The van der Waals surface area contributed by atoms with E-state index in [1.807, 2.05) is 72.8 Å². The highest BCUT2D eigenvalue weighted by Crippen LogP contribution is 2.32. The molecule has 0 spiro atoms. The highest BCUT2D eigenvalue weighted by molar-refractivity contribution is 5.85. The van der Waals surface area contributed by atoms with Crippen LogP contribution in [0.3, 0.4) is 0 Å². The number of likely N-dealkylation sites (tertiary alicyclic amines) is 1. The van der Waals surface area contributed by atoms with Gasteiger partial charge in [-0.25, -0.2) is 4.79 Å². The zero-order valence-electron chi connectivity index (χ0n) is 17.8. The third-order valence-corrected chi connectivity index (χ3v) is 6.15. The number of piperidine rings is 1. The van der Waals surface area contributed by atoms with Crippen LogP contribution in [0.4, 0.5) is 0 Å². The van der Waals surface area contributed by atoms with Crippen molar-refractivity contribution in [2.75, 3.05) is 26.2 Å². The Morgan fingerprint density at radius 3 is 1.97 bits per heavy atom. The molecule has 1 heterocycles. The second kappa shape index (κ2) is 9.90. The zero-order valence-corrected chi connectivity index (χ0v) is 17.8. The molecule has 0 bridgehead atoms. The number of rotatable bonds is 7. The van der Waals surface area contributed by atoms with Gasteiger partial charge in [-0.05, 0) is 41.5 Å². The highest BCUT2D eigenvalue weighted by atomic mass is 16.5. The van der Waals surface area contributed by atoms with Gasteiger partial charge < -0.3 is 14.7 Å². The number of carbonyl (C=O) groups is 1. The van der Waals surface area contributed by atoms with E-state index in [1.165, 1.54) is 24.2 Å². The lowest BCUT2D eigenvalue weighted by Crippen LogP contribution is -3.13. The summed E-state index contributed by atoms with van der Waals surface area (Å²) in [6, 6.07) is 26.6. The molecule has 1 saturated heterocycles. The molecule has 1 atom stereocenters. The summed E-state index contributed by atoms with van der Waals surface area (Å²) in [5, 5.41) is 11.6. The summed E-state index contributed by atoms with van der Waals surface area (Å²) in [7, 11) is 0. The fraction of sp³-hybridized carbons (Fsp3) is 0.296. The largest absolute Gasteiger partial charge is 0.457 e. The van der Waals surface area contributed by atoms with E-state index in [-0.39, 0.29) is 0 Å². The SMILES string of the molecule is O=C(OCC[NH+]1CCCCC1)[C@@](O)(c1ccccc1)c1ccc(-c2ccccc2)cc1. The average Bonchev–Trinajstić information content (AvgIpc) is 2.85. The Balaban J connectivity index is 1.55. The molecule has 1 aliphatic rings. The zero-order chi connectivity index (χ0) is 21.5. The molecule has 1 fully saturated rings. The van der Waals surface area contributed by atoms with Gasteiger partial charge in [0.15, 0.2) is 0 Å². The van der Waals surface area contributed by atoms with Crippen molar-refractivity contribution in [2.24, 2.45) is 0 Å². The maximum atomic E-state index is 13.2. The van der Waals surface area contributed by atoms with Crippen LogP contribution in [0.1, 0.15) is 30.4 Å². The van der Waals surface area contributed by atoms with Crippen molar-refractivity contribution in [3.8, 4) is 11.1 Å². The number of hydrogen-bond acceptors (Lipinski definition) is 3. The van der Waals surface area contributed by atoms with Crippen molar-refractivity contribution in [3.05, 3.63) is 96.1 Å². The first-order valence-corrected chi connectivity index (χ1v) is 11.1. The fourth-order valence-electron chi connectivity index (χ4n) is 4.31. The first-order chi connectivity index (χ1) is 15.2. The molecule has 160 valence electrons. The minimum absolute atomic E-state index is 0.311. The number of ether oxygens (including phenoxy) is 1. The summed E-state index contributed by atoms with van der Waals surface area (Å²) in [5.74, 6) is -0.623. The first kappa shape index (κ1) is 21.3. The van der Waals surface area contributed by atoms with Crippen molar-refractivity contribution < 1.29 is 19.5 Å². The lowest BCUT2D eigenvalue weighted by Gasteiger charge is -2.28. The molecule has 31 heavy (non-hydrogen) atoms. The molecule has 0 unspecified atom stereocenters. The van der Waals surface area contributed by atoms with E-state index in [2.05, 4.69) is 0 Å². The van der Waals surface area contributed by atoms with Crippen LogP contribution in [0.5, 0.6) is 0 Å². The monoisotopic (exact) mass is 416 g/mol. The van der Waals surface area contributed by atoms with Crippen LogP contribution in [-0.2, 0) is 15.1 Å². The standard InChI is InChI=1S/C27H29NO3/c29-26(31-21-20-28-18-8-3-9-19-28)27(30,24-12-6-2-7-13-24)25-16-14-23(15-17-25)22-10-4-1-5-11-22/h1-2,4-7,10-17,30H,3,8-9,18-21H2/p+1/t27-/m1/s1. The molecule has 0 aliphatic carbocycles. The highest BCUT2D eigenvalue weighted by Gasteiger charge is 2.41. The van der Waals surface area contributed by atoms with Gasteiger partial charge in [0.05, 0.1) is 13.1 Å². The van der Waals surface area contributed by atoms with Crippen LogP contribution in [0.15, 0.2) is 84.9 Å². The molecule has 1 aliphatic heterocycles. The minimum Gasteiger partial charge on any atom is -0.457 e. The number of nitrogens with one attached hydrogen (secondary N) is 1.